The van der Waals surface area contributed by atoms with Gasteiger partial charge in [0.25, 0.3) is 0 Å². The molecule has 0 aliphatic carbocycles. The fourth-order valence-electron chi connectivity index (χ4n) is 1.49. The van der Waals surface area contributed by atoms with E-state index in [1.165, 1.54) is 12.0 Å². The van der Waals surface area contributed by atoms with Crippen molar-refractivity contribution in [3.8, 4) is 0 Å². The van der Waals surface area contributed by atoms with Crippen LogP contribution in [0.15, 0.2) is 17.5 Å². The molecule has 5 heteroatoms. The third-order valence-electron chi connectivity index (χ3n) is 2.67. The molecule has 0 saturated heterocycles. The lowest BCUT2D eigenvalue weighted by atomic mass is 9.98. The minimum atomic E-state index is -0.700. The fraction of sp³-hybridized carbons (Fsp3) is 0.583. The second-order valence-electron chi connectivity index (χ2n) is 4.00. The lowest BCUT2D eigenvalue weighted by Crippen LogP contribution is -2.50. The molecule has 1 heterocycles. The average Bonchev–Trinajstić information content (AvgIpc) is 2.86. The van der Waals surface area contributed by atoms with Crippen molar-refractivity contribution in [3.05, 3.63) is 22.4 Å². The Bertz CT molecular complexity index is 340. The Kier molecular flexibility index (Phi) is 5.61. The first-order chi connectivity index (χ1) is 8.12. The second-order valence-corrected chi connectivity index (χ2v) is 5.03. The summed E-state index contributed by atoms with van der Waals surface area (Å²) in [5.41, 5.74) is -0.700. The number of carbonyl (C=O) groups excluding carboxylic acids is 1. The molecule has 4 nitrogen and oxygen atoms in total. The molecule has 1 aromatic rings. The summed E-state index contributed by atoms with van der Waals surface area (Å²) in [5.74, 6) is -0.258. The molecule has 17 heavy (non-hydrogen) atoms. The van der Waals surface area contributed by atoms with Crippen molar-refractivity contribution in [3.63, 3.8) is 0 Å². The van der Waals surface area contributed by atoms with Gasteiger partial charge < -0.3 is 9.47 Å². The van der Waals surface area contributed by atoms with Crippen molar-refractivity contribution in [1.82, 2.24) is 5.32 Å². The number of hydrogen-bond donors (Lipinski definition) is 1. The SMILES string of the molecule is COCCC(C)(NCc1cccs1)C(=O)OC. The molecule has 0 spiro atoms. The summed E-state index contributed by atoms with van der Waals surface area (Å²) in [6.07, 6.45) is 0.585. The first-order valence-electron chi connectivity index (χ1n) is 5.47. The molecule has 0 aliphatic rings. The third-order valence-corrected chi connectivity index (χ3v) is 3.55. The van der Waals surface area contributed by atoms with E-state index >= 15 is 0 Å². The van der Waals surface area contributed by atoms with E-state index in [1.807, 2.05) is 24.4 Å². The van der Waals surface area contributed by atoms with E-state index in [0.29, 0.717) is 19.6 Å². The monoisotopic (exact) mass is 257 g/mol. The van der Waals surface area contributed by atoms with Crippen LogP contribution in [-0.2, 0) is 20.8 Å². The summed E-state index contributed by atoms with van der Waals surface area (Å²) >= 11 is 1.66. The Morgan fingerprint density at radius 3 is 2.82 bits per heavy atom. The highest BCUT2D eigenvalue weighted by Crippen LogP contribution is 2.15. The fourth-order valence-corrected chi connectivity index (χ4v) is 2.13. The summed E-state index contributed by atoms with van der Waals surface area (Å²) in [7, 11) is 3.02. The van der Waals surface area contributed by atoms with Crippen molar-refractivity contribution in [2.45, 2.75) is 25.4 Å². The summed E-state index contributed by atoms with van der Waals surface area (Å²) < 4.78 is 9.85. The number of methoxy groups -OCH3 is 2. The van der Waals surface area contributed by atoms with Crippen LogP contribution in [0.1, 0.15) is 18.2 Å². The molecule has 1 atom stereocenters. The lowest BCUT2D eigenvalue weighted by molar-refractivity contribution is -0.148. The van der Waals surface area contributed by atoms with E-state index in [-0.39, 0.29) is 5.97 Å². The Balaban J connectivity index is 2.59. The van der Waals surface area contributed by atoms with Gasteiger partial charge in [-0.15, -0.1) is 11.3 Å². The molecule has 96 valence electrons. The van der Waals surface area contributed by atoms with E-state index in [4.69, 9.17) is 9.47 Å². The molecule has 1 rings (SSSR count). The first kappa shape index (κ1) is 14.2. The zero-order chi connectivity index (χ0) is 12.7. The van der Waals surface area contributed by atoms with Gasteiger partial charge in [-0.05, 0) is 24.8 Å². The molecule has 1 N–H and O–H groups in total. The van der Waals surface area contributed by atoms with Gasteiger partial charge in [-0.2, -0.15) is 0 Å². The lowest BCUT2D eigenvalue weighted by Gasteiger charge is -2.27. The van der Waals surface area contributed by atoms with Gasteiger partial charge in [-0.25, -0.2) is 0 Å². The molecule has 0 saturated carbocycles. The van der Waals surface area contributed by atoms with Gasteiger partial charge in [0.2, 0.25) is 0 Å². The third kappa shape index (κ3) is 4.11. The predicted molar refractivity (Wildman–Crippen MR) is 68.1 cm³/mol. The highest BCUT2D eigenvalue weighted by atomic mass is 32.1. The maximum atomic E-state index is 11.8. The molecule has 0 aromatic carbocycles. The van der Waals surface area contributed by atoms with Crippen LogP contribution in [0.25, 0.3) is 0 Å². The average molecular weight is 257 g/mol. The van der Waals surface area contributed by atoms with Crippen LogP contribution in [0.4, 0.5) is 0 Å². The Hall–Kier alpha value is -0.910. The minimum Gasteiger partial charge on any atom is -0.468 e. The van der Waals surface area contributed by atoms with Crippen molar-refractivity contribution in [1.29, 1.82) is 0 Å². The quantitative estimate of drug-likeness (QED) is 0.757. The highest BCUT2D eigenvalue weighted by Gasteiger charge is 2.33. The first-order valence-corrected chi connectivity index (χ1v) is 6.35. The van der Waals surface area contributed by atoms with E-state index < -0.39 is 5.54 Å². The largest absolute Gasteiger partial charge is 0.468 e. The Labute approximate surface area is 106 Å². The molecule has 0 aliphatic heterocycles. The maximum Gasteiger partial charge on any atom is 0.325 e. The number of carbonyl (C=O) groups is 1. The molecular formula is C12H19NO3S. The predicted octanol–water partition coefficient (Wildman–Crippen LogP) is 1.81. The van der Waals surface area contributed by atoms with Gasteiger partial charge >= 0.3 is 5.97 Å². The van der Waals surface area contributed by atoms with Gasteiger partial charge in [-0.3, -0.25) is 10.1 Å². The van der Waals surface area contributed by atoms with Gasteiger partial charge in [0.15, 0.2) is 0 Å². The number of hydrogen-bond acceptors (Lipinski definition) is 5. The van der Waals surface area contributed by atoms with Crippen LogP contribution in [-0.4, -0.2) is 32.3 Å². The molecule has 0 amide bonds. The minimum absolute atomic E-state index is 0.258. The summed E-state index contributed by atoms with van der Waals surface area (Å²) in [6, 6.07) is 4.03. The zero-order valence-electron chi connectivity index (χ0n) is 10.5. The van der Waals surface area contributed by atoms with E-state index in [9.17, 15) is 4.79 Å². The van der Waals surface area contributed by atoms with Gasteiger partial charge in [-0.1, -0.05) is 6.07 Å². The Morgan fingerprint density at radius 1 is 1.53 bits per heavy atom. The van der Waals surface area contributed by atoms with Gasteiger partial charge in [0.05, 0.1) is 7.11 Å². The van der Waals surface area contributed by atoms with E-state index in [1.54, 1.807) is 18.4 Å². The highest BCUT2D eigenvalue weighted by molar-refractivity contribution is 7.09. The standard InChI is InChI=1S/C12H19NO3S/c1-12(6-7-15-2,11(14)16-3)13-9-10-5-4-8-17-10/h4-5,8,13H,6-7,9H2,1-3H3. The van der Waals surface area contributed by atoms with E-state index in [2.05, 4.69) is 5.32 Å². The normalized spacial score (nSPS) is 14.3. The topological polar surface area (TPSA) is 47.6 Å². The smallest absolute Gasteiger partial charge is 0.325 e. The summed E-state index contributed by atoms with van der Waals surface area (Å²) in [4.78, 5) is 13.0. The summed E-state index contributed by atoms with van der Waals surface area (Å²) in [5, 5.41) is 5.26. The van der Waals surface area contributed by atoms with Crippen LogP contribution in [0.5, 0.6) is 0 Å². The van der Waals surface area contributed by atoms with Crippen LogP contribution < -0.4 is 5.32 Å². The molecule has 1 aromatic heterocycles. The van der Waals surface area contributed by atoms with Gasteiger partial charge in [0, 0.05) is 25.1 Å². The molecule has 0 fully saturated rings. The number of esters is 1. The second kappa shape index (κ2) is 6.74. The van der Waals surface area contributed by atoms with Crippen LogP contribution in [0.3, 0.4) is 0 Å². The van der Waals surface area contributed by atoms with Crippen LogP contribution in [0, 0.1) is 0 Å². The molecule has 0 radical (unpaired) electrons. The zero-order valence-corrected chi connectivity index (χ0v) is 11.3. The number of thiophene rings is 1. The van der Waals surface area contributed by atoms with Crippen molar-refractivity contribution in [2.24, 2.45) is 0 Å². The van der Waals surface area contributed by atoms with Crippen LogP contribution in [0.2, 0.25) is 0 Å². The number of rotatable bonds is 7. The van der Waals surface area contributed by atoms with E-state index in [0.717, 1.165) is 0 Å². The van der Waals surface area contributed by atoms with Gasteiger partial charge in [0.1, 0.15) is 5.54 Å². The van der Waals surface area contributed by atoms with Crippen molar-refractivity contribution in [2.75, 3.05) is 20.8 Å². The molecular weight excluding hydrogens is 238 g/mol. The summed E-state index contributed by atoms with van der Waals surface area (Å²) in [6.45, 7) is 3.02. The van der Waals surface area contributed by atoms with Crippen molar-refractivity contribution < 1.29 is 14.3 Å². The number of ether oxygens (including phenoxy) is 2. The molecule has 0 bridgehead atoms. The molecule has 1 unspecified atom stereocenters. The maximum absolute atomic E-state index is 11.8. The number of nitrogens with one attached hydrogen (secondary N) is 1. The van der Waals surface area contributed by atoms with Crippen molar-refractivity contribution >= 4 is 17.3 Å². The van der Waals surface area contributed by atoms with Crippen LogP contribution >= 0.6 is 11.3 Å². The Morgan fingerprint density at radius 2 is 2.29 bits per heavy atom.